The molecule has 0 saturated carbocycles. The van der Waals surface area contributed by atoms with E-state index in [1.54, 1.807) is 0 Å². The fraction of sp³-hybridized carbons (Fsp3) is 0.160. The SMILES string of the molecule is C[C@H](NC(=O)c1ccc(NC(=O)OCC2c3ccccc3-c3ccccc32)c(Cl)c1)C(=O)O. The van der Waals surface area contributed by atoms with Gasteiger partial charge in [-0.25, -0.2) is 4.79 Å². The second-order valence-electron chi connectivity index (χ2n) is 7.68. The minimum atomic E-state index is -1.15. The van der Waals surface area contributed by atoms with Crippen LogP contribution in [0.3, 0.4) is 0 Å². The van der Waals surface area contributed by atoms with Crippen molar-refractivity contribution in [2.24, 2.45) is 0 Å². The van der Waals surface area contributed by atoms with Crippen LogP contribution in [0.15, 0.2) is 66.7 Å². The summed E-state index contributed by atoms with van der Waals surface area (Å²) in [5.41, 5.74) is 4.93. The molecule has 1 aliphatic carbocycles. The van der Waals surface area contributed by atoms with Gasteiger partial charge in [0.15, 0.2) is 0 Å². The molecule has 0 spiro atoms. The molecule has 0 aromatic heterocycles. The highest BCUT2D eigenvalue weighted by Crippen LogP contribution is 2.44. The van der Waals surface area contributed by atoms with Crippen LogP contribution >= 0.6 is 11.6 Å². The molecule has 3 aromatic carbocycles. The van der Waals surface area contributed by atoms with Gasteiger partial charge in [0.05, 0.1) is 10.7 Å². The third-order valence-electron chi connectivity index (χ3n) is 5.53. The number of carboxylic acid groups (broad SMARTS) is 1. The number of fused-ring (bicyclic) bond motifs is 3. The van der Waals surface area contributed by atoms with Gasteiger partial charge in [-0.2, -0.15) is 0 Å². The summed E-state index contributed by atoms with van der Waals surface area (Å²) in [6.45, 7) is 1.51. The minimum absolute atomic E-state index is 0.0686. The predicted molar refractivity (Wildman–Crippen MR) is 125 cm³/mol. The van der Waals surface area contributed by atoms with E-state index in [0.717, 1.165) is 22.3 Å². The van der Waals surface area contributed by atoms with Crippen LogP contribution in [0, 0.1) is 0 Å². The summed E-state index contributed by atoms with van der Waals surface area (Å²) >= 11 is 6.21. The maximum absolute atomic E-state index is 12.4. The van der Waals surface area contributed by atoms with Crippen LogP contribution in [0.1, 0.15) is 34.3 Å². The first-order valence-corrected chi connectivity index (χ1v) is 10.7. The van der Waals surface area contributed by atoms with Gasteiger partial charge in [0.2, 0.25) is 0 Å². The predicted octanol–water partition coefficient (Wildman–Crippen LogP) is 4.90. The van der Waals surface area contributed by atoms with Crippen molar-refractivity contribution in [1.82, 2.24) is 5.32 Å². The van der Waals surface area contributed by atoms with Crippen LogP contribution in [-0.2, 0) is 9.53 Å². The minimum Gasteiger partial charge on any atom is -0.480 e. The molecule has 0 unspecified atom stereocenters. The van der Waals surface area contributed by atoms with Crippen molar-refractivity contribution in [3.63, 3.8) is 0 Å². The molecule has 3 N–H and O–H groups in total. The van der Waals surface area contributed by atoms with E-state index in [-0.39, 0.29) is 28.8 Å². The number of rotatable bonds is 6. The Labute approximate surface area is 195 Å². The molecule has 0 radical (unpaired) electrons. The van der Waals surface area contributed by atoms with Gasteiger partial charge in [-0.15, -0.1) is 0 Å². The van der Waals surface area contributed by atoms with Gasteiger partial charge in [-0.05, 0) is 47.4 Å². The number of hydrogen-bond acceptors (Lipinski definition) is 4. The first-order chi connectivity index (χ1) is 15.8. The summed E-state index contributed by atoms with van der Waals surface area (Å²) in [5.74, 6) is -1.80. The zero-order valence-electron chi connectivity index (χ0n) is 17.7. The Hall–Kier alpha value is -3.84. The van der Waals surface area contributed by atoms with Crippen LogP contribution in [0.2, 0.25) is 5.02 Å². The van der Waals surface area contributed by atoms with Crippen LogP contribution < -0.4 is 10.6 Å². The number of anilines is 1. The van der Waals surface area contributed by atoms with Crippen molar-refractivity contribution in [2.75, 3.05) is 11.9 Å². The van der Waals surface area contributed by atoms with Crippen LogP contribution in [0.4, 0.5) is 10.5 Å². The van der Waals surface area contributed by atoms with Crippen molar-refractivity contribution < 1.29 is 24.2 Å². The molecule has 3 aromatic rings. The normalized spacial score (nSPS) is 12.9. The summed E-state index contributed by atoms with van der Waals surface area (Å²) in [5, 5.41) is 14.0. The van der Waals surface area contributed by atoms with Gasteiger partial charge in [0, 0.05) is 11.5 Å². The number of carbonyl (C=O) groups is 3. The third-order valence-corrected chi connectivity index (χ3v) is 5.84. The molecular formula is C25H21ClN2O5. The lowest BCUT2D eigenvalue weighted by Crippen LogP contribution is -2.38. The van der Waals surface area contributed by atoms with Crippen LogP contribution in [-0.4, -0.2) is 35.7 Å². The molecule has 7 nitrogen and oxygen atoms in total. The number of hydrogen-bond donors (Lipinski definition) is 3. The number of amides is 2. The molecule has 2 amide bonds. The van der Waals surface area contributed by atoms with Crippen LogP contribution in [0.25, 0.3) is 11.1 Å². The van der Waals surface area contributed by atoms with Crippen molar-refractivity contribution in [3.05, 3.63) is 88.4 Å². The van der Waals surface area contributed by atoms with Gasteiger partial charge in [0.25, 0.3) is 5.91 Å². The van der Waals surface area contributed by atoms with Gasteiger partial charge >= 0.3 is 12.1 Å². The van der Waals surface area contributed by atoms with Crippen molar-refractivity contribution >= 4 is 35.3 Å². The van der Waals surface area contributed by atoms with Crippen LogP contribution in [0.5, 0.6) is 0 Å². The Morgan fingerprint density at radius 3 is 2.18 bits per heavy atom. The molecule has 0 saturated heterocycles. The Morgan fingerprint density at radius 1 is 1.00 bits per heavy atom. The van der Waals surface area contributed by atoms with Gasteiger partial charge < -0.3 is 15.2 Å². The molecule has 0 bridgehead atoms. The zero-order chi connectivity index (χ0) is 23.5. The Balaban J connectivity index is 1.41. The summed E-state index contributed by atoms with van der Waals surface area (Å²) in [7, 11) is 0. The van der Waals surface area contributed by atoms with E-state index in [4.69, 9.17) is 21.4 Å². The number of aliphatic carboxylic acids is 1. The molecule has 1 aliphatic rings. The Morgan fingerprint density at radius 2 is 1.61 bits per heavy atom. The average molecular weight is 465 g/mol. The lowest BCUT2D eigenvalue weighted by Gasteiger charge is -2.15. The van der Waals surface area contributed by atoms with E-state index in [1.807, 2.05) is 36.4 Å². The number of ether oxygens (including phenoxy) is 1. The second-order valence-corrected chi connectivity index (χ2v) is 8.09. The molecular weight excluding hydrogens is 444 g/mol. The monoisotopic (exact) mass is 464 g/mol. The highest BCUT2D eigenvalue weighted by Gasteiger charge is 2.29. The lowest BCUT2D eigenvalue weighted by atomic mass is 9.98. The van der Waals surface area contributed by atoms with E-state index >= 15 is 0 Å². The summed E-state index contributed by atoms with van der Waals surface area (Å²) < 4.78 is 5.50. The van der Waals surface area contributed by atoms with E-state index in [2.05, 4.69) is 22.8 Å². The molecule has 0 heterocycles. The number of carbonyl (C=O) groups excluding carboxylic acids is 2. The summed E-state index contributed by atoms with van der Waals surface area (Å²) in [6.07, 6.45) is -0.671. The maximum atomic E-state index is 12.4. The van der Waals surface area contributed by atoms with Gasteiger partial charge in [-0.3, -0.25) is 14.9 Å². The molecule has 33 heavy (non-hydrogen) atoms. The standard InChI is InChI=1S/C25H21ClN2O5/c1-14(24(30)31)27-23(29)15-10-11-22(21(26)12-15)28-25(32)33-13-20-18-8-4-2-6-16(18)17-7-3-5-9-19(17)20/h2-12,14,20H,13H2,1H3,(H,27,29)(H,28,32)(H,30,31)/t14-/m0/s1. The summed E-state index contributed by atoms with van der Waals surface area (Å²) in [4.78, 5) is 35.5. The van der Waals surface area contributed by atoms with Gasteiger partial charge in [-0.1, -0.05) is 60.1 Å². The van der Waals surface area contributed by atoms with Gasteiger partial charge in [0.1, 0.15) is 12.6 Å². The molecule has 4 rings (SSSR count). The maximum Gasteiger partial charge on any atom is 0.411 e. The highest BCUT2D eigenvalue weighted by atomic mass is 35.5. The van der Waals surface area contributed by atoms with Crippen molar-refractivity contribution in [1.29, 1.82) is 0 Å². The van der Waals surface area contributed by atoms with E-state index in [0.29, 0.717) is 0 Å². The average Bonchev–Trinajstić information content (AvgIpc) is 3.12. The fourth-order valence-corrected chi connectivity index (χ4v) is 4.07. The van der Waals surface area contributed by atoms with E-state index < -0.39 is 24.0 Å². The largest absolute Gasteiger partial charge is 0.480 e. The fourth-order valence-electron chi connectivity index (χ4n) is 3.84. The molecule has 0 aliphatic heterocycles. The zero-order valence-corrected chi connectivity index (χ0v) is 18.4. The molecule has 1 atom stereocenters. The van der Waals surface area contributed by atoms with E-state index in [9.17, 15) is 14.4 Å². The number of benzene rings is 3. The highest BCUT2D eigenvalue weighted by molar-refractivity contribution is 6.34. The number of carboxylic acids is 1. The van der Waals surface area contributed by atoms with Crippen molar-refractivity contribution in [3.8, 4) is 11.1 Å². The molecule has 0 fully saturated rings. The number of nitrogens with one attached hydrogen (secondary N) is 2. The first kappa shape index (κ1) is 22.4. The Kier molecular flexibility index (Phi) is 6.33. The number of halogens is 1. The quantitative estimate of drug-likeness (QED) is 0.481. The van der Waals surface area contributed by atoms with E-state index in [1.165, 1.54) is 25.1 Å². The topological polar surface area (TPSA) is 105 Å². The molecule has 8 heteroatoms. The third kappa shape index (κ3) is 4.68. The lowest BCUT2D eigenvalue weighted by molar-refractivity contribution is -0.138. The smallest absolute Gasteiger partial charge is 0.411 e. The van der Waals surface area contributed by atoms with Crippen molar-refractivity contribution in [2.45, 2.75) is 18.9 Å². The second kappa shape index (κ2) is 9.34. The Bertz CT molecular complexity index is 1200. The first-order valence-electron chi connectivity index (χ1n) is 10.3. The molecule has 168 valence electrons. The summed E-state index contributed by atoms with van der Waals surface area (Å²) in [6, 6.07) is 19.3.